The average Bonchev–Trinajstić information content (AvgIpc) is 3.17. The monoisotopic (exact) mass is 357 g/mol. The Morgan fingerprint density at radius 1 is 0.852 bits per heavy atom. The van der Waals surface area contributed by atoms with Gasteiger partial charge in [-0.15, -0.1) is 0 Å². The molecule has 4 aromatic rings. The number of pyridine rings is 2. The number of hydrogen-bond donors (Lipinski definition) is 2. The smallest absolute Gasteiger partial charge is 0.213 e. The third-order valence-electron chi connectivity index (χ3n) is 4.16. The molecule has 134 valence electrons. The average molecular weight is 357 g/mol. The fourth-order valence-corrected chi connectivity index (χ4v) is 2.77. The van der Waals surface area contributed by atoms with Gasteiger partial charge >= 0.3 is 0 Å². The highest BCUT2D eigenvalue weighted by Gasteiger charge is 2.08. The molecule has 0 unspecified atom stereocenters. The molecule has 0 fully saturated rings. The van der Waals surface area contributed by atoms with Gasteiger partial charge in [0.25, 0.3) is 0 Å². The molecule has 4 rings (SSSR count). The summed E-state index contributed by atoms with van der Waals surface area (Å²) < 4.78 is 5.67. The fraction of sp³-hybridized carbons (Fsp3) is 0.0952. The van der Waals surface area contributed by atoms with E-state index in [0.29, 0.717) is 18.3 Å². The summed E-state index contributed by atoms with van der Waals surface area (Å²) in [5.41, 5.74) is 10.0. The molecule has 6 heteroatoms. The van der Waals surface area contributed by atoms with Gasteiger partial charge in [0, 0.05) is 36.8 Å². The van der Waals surface area contributed by atoms with Crippen LogP contribution in [0.3, 0.4) is 0 Å². The van der Waals surface area contributed by atoms with Crippen molar-refractivity contribution in [1.29, 1.82) is 0 Å². The van der Waals surface area contributed by atoms with Gasteiger partial charge < -0.3 is 15.5 Å². The lowest BCUT2D eigenvalue weighted by Gasteiger charge is -2.06. The summed E-state index contributed by atoms with van der Waals surface area (Å²) in [7, 11) is 0. The zero-order chi connectivity index (χ0) is 18.5. The van der Waals surface area contributed by atoms with E-state index in [1.54, 1.807) is 12.4 Å². The lowest BCUT2D eigenvalue weighted by molar-refractivity contribution is 0.294. The molecule has 27 heavy (non-hydrogen) atoms. The van der Waals surface area contributed by atoms with E-state index in [-0.39, 0.29) is 0 Å². The second-order valence-electron chi connectivity index (χ2n) is 6.14. The number of benzene rings is 1. The van der Waals surface area contributed by atoms with Gasteiger partial charge in [-0.3, -0.25) is 0 Å². The lowest BCUT2D eigenvalue weighted by Crippen LogP contribution is -1.97. The summed E-state index contributed by atoms with van der Waals surface area (Å²) in [5, 5.41) is 0. The first kappa shape index (κ1) is 16.8. The third kappa shape index (κ3) is 4.12. The molecule has 0 aliphatic carbocycles. The first-order valence-electron chi connectivity index (χ1n) is 8.64. The number of ether oxygens (including phenoxy) is 1. The van der Waals surface area contributed by atoms with Gasteiger partial charge in [-0.1, -0.05) is 30.3 Å². The Morgan fingerprint density at radius 3 is 2.44 bits per heavy atom. The number of nitrogen functional groups attached to an aromatic ring is 1. The van der Waals surface area contributed by atoms with E-state index >= 15 is 0 Å². The molecule has 0 amide bonds. The number of imidazole rings is 1. The van der Waals surface area contributed by atoms with Crippen LogP contribution in [-0.2, 0) is 13.0 Å². The summed E-state index contributed by atoms with van der Waals surface area (Å²) in [5.74, 6) is 1.83. The molecule has 0 aliphatic heterocycles. The molecule has 0 radical (unpaired) electrons. The molecule has 3 aromatic heterocycles. The Bertz CT molecular complexity index is 1010. The molecule has 0 spiro atoms. The predicted molar refractivity (Wildman–Crippen MR) is 104 cm³/mol. The second kappa shape index (κ2) is 7.70. The molecule has 0 aliphatic rings. The molecule has 3 heterocycles. The van der Waals surface area contributed by atoms with Crippen molar-refractivity contribution < 1.29 is 4.74 Å². The van der Waals surface area contributed by atoms with Gasteiger partial charge in [0.05, 0.1) is 5.56 Å². The Hall–Kier alpha value is -3.67. The number of aromatic nitrogens is 4. The van der Waals surface area contributed by atoms with Gasteiger partial charge in [0.2, 0.25) is 5.88 Å². The SMILES string of the molecule is Nc1ncccc1-c1ncc(Cc2ccc(COc3ccccn3)cc2)[nH]1. The first-order chi connectivity index (χ1) is 13.3. The van der Waals surface area contributed by atoms with E-state index in [9.17, 15) is 0 Å². The number of nitrogens with zero attached hydrogens (tertiary/aromatic N) is 3. The van der Waals surface area contributed by atoms with Crippen LogP contribution in [0, 0.1) is 0 Å². The van der Waals surface area contributed by atoms with Crippen molar-refractivity contribution >= 4 is 5.82 Å². The fourth-order valence-electron chi connectivity index (χ4n) is 2.77. The molecule has 6 nitrogen and oxygen atoms in total. The van der Waals surface area contributed by atoms with Crippen LogP contribution in [0.25, 0.3) is 11.4 Å². The van der Waals surface area contributed by atoms with Gasteiger partial charge in [-0.2, -0.15) is 0 Å². The molecule has 0 saturated carbocycles. The Kier molecular flexibility index (Phi) is 4.78. The first-order valence-corrected chi connectivity index (χ1v) is 8.64. The molecule has 3 N–H and O–H groups in total. The van der Waals surface area contributed by atoms with Crippen molar-refractivity contribution in [3.8, 4) is 17.3 Å². The number of rotatable bonds is 6. The van der Waals surface area contributed by atoms with Gasteiger partial charge in [-0.25, -0.2) is 15.0 Å². The maximum Gasteiger partial charge on any atom is 0.213 e. The van der Waals surface area contributed by atoms with Crippen molar-refractivity contribution in [2.45, 2.75) is 13.0 Å². The van der Waals surface area contributed by atoms with Gasteiger partial charge in [0.1, 0.15) is 18.2 Å². The van der Waals surface area contributed by atoms with Crippen LogP contribution < -0.4 is 10.5 Å². The molecule has 0 bridgehead atoms. The van der Waals surface area contributed by atoms with Crippen molar-refractivity contribution in [2.24, 2.45) is 0 Å². The number of nitrogens with two attached hydrogens (primary N) is 1. The zero-order valence-corrected chi connectivity index (χ0v) is 14.7. The standard InChI is InChI=1S/C21H19N5O/c22-20-18(4-3-11-24-20)21-25-13-17(26-21)12-15-6-8-16(9-7-15)14-27-19-5-1-2-10-23-19/h1-11,13H,12,14H2,(H2,22,24)(H,25,26). The highest BCUT2D eigenvalue weighted by Crippen LogP contribution is 2.21. The Labute approximate surface area is 157 Å². The maximum atomic E-state index is 5.91. The number of aromatic amines is 1. The lowest BCUT2D eigenvalue weighted by atomic mass is 10.1. The molecular weight excluding hydrogens is 338 g/mol. The van der Waals surface area contributed by atoms with Crippen LogP contribution in [0.1, 0.15) is 16.8 Å². The minimum absolute atomic E-state index is 0.468. The highest BCUT2D eigenvalue weighted by molar-refractivity contribution is 5.67. The summed E-state index contributed by atoms with van der Waals surface area (Å²) >= 11 is 0. The maximum absolute atomic E-state index is 5.91. The van der Waals surface area contributed by atoms with Crippen LogP contribution in [0.15, 0.2) is 73.2 Å². The van der Waals surface area contributed by atoms with Crippen LogP contribution in [-0.4, -0.2) is 19.9 Å². The topological polar surface area (TPSA) is 89.7 Å². The largest absolute Gasteiger partial charge is 0.473 e. The van der Waals surface area contributed by atoms with E-state index in [0.717, 1.165) is 29.1 Å². The van der Waals surface area contributed by atoms with E-state index in [4.69, 9.17) is 10.5 Å². The minimum Gasteiger partial charge on any atom is -0.473 e. The molecule has 0 saturated heterocycles. The van der Waals surface area contributed by atoms with Crippen LogP contribution in [0.2, 0.25) is 0 Å². The van der Waals surface area contributed by atoms with Gasteiger partial charge in [0.15, 0.2) is 0 Å². The van der Waals surface area contributed by atoms with Crippen LogP contribution in [0.4, 0.5) is 5.82 Å². The van der Waals surface area contributed by atoms with Crippen LogP contribution in [0.5, 0.6) is 5.88 Å². The van der Waals surface area contributed by atoms with Gasteiger partial charge in [-0.05, 0) is 29.3 Å². The van der Waals surface area contributed by atoms with E-state index in [1.807, 2.05) is 36.5 Å². The van der Waals surface area contributed by atoms with Crippen molar-refractivity contribution in [1.82, 2.24) is 19.9 Å². The normalized spacial score (nSPS) is 10.7. The summed E-state index contributed by atoms with van der Waals surface area (Å²) in [6.45, 7) is 0.492. The molecular formula is C21H19N5O. The second-order valence-corrected chi connectivity index (χ2v) is 6.14. The Morgan fingerprint density at radius 2 is 1.67 bits per heavy atom. The number of H-pyrrole nitrogens is 1. The molecule has 1 aromatic carbocycles. The van der Waals surface area contributed by atoms with Crippen molar-refractivity contribution in [3.63, 3.8) is 0 Å². The van der Waals surface area contributed by atoms with E-state index in [1.165, 1.54) is 5.56 Å². The van der Waals surface area contributed by atoms with E-state index in [2.05, 4.69) is 44.2 Å². The van der Waals surface area contributed by atoms with Crippen LogP contribution >= 0.6 is 0 Å². The number of hydrogen-bond acceptors (Lipinski definition) is 5. The number of nitrogens with one attached hydrogen (secondary N) is 1. The summed E-state index contributed by atoms with van der Waals surface area (Å²) in [6.07, 6.45) is 5.98. The van der Waals surface area contributed by atoms with E-state index < -0.39 is 0 Å². The minimum atomic E-state index is 0.468. The Balaban J connectivity index is 1.39. The summed E-state index contributed by atoms with van der Waals surface area (Å²) in [4.78, 5) is 16.0. The summed E-state index contributed by atoms with van der Waals surface area (Å²) in [6, 6.07) is 17.7. The highest BCUT2D eigenvalue weighted by atomic mass is 16.5. The van der Waals surface area contributed by atoms with Crippen molar-refractivity contribution in [2.75, 3.05) is 5.73 Å². The molecule has 0 atom stereocenters. The quantitative estimate of drug-likeness (QED) is 0.550. The zero-order valence-electron chi connectivity index (χ0n) is 14.7. The number of anilines is 1. The third-order valence-corrected chi connectivity index (χ3v) is 4.16. The predicted octanol–water partition coefficient (Wildman–Crippen LogP) is 3.62. The van der Waals surface area contributed by atoms with Crippen molar-refractivity contribution in [3.05, 3.63) is 90.0 Å².